The van der Waals surface area contributed by atoms with Crippen molar-refractivity contribution in [2.24, 2.45) is 0 Å². The lowest BCUT2D eigenvalue weighted by molar-refractivity contribution is -0.160. The van der Waals surface area contributed by atoms with Crippen LogP contribution in [0.15, 0.2) is 0 Å². The van der Waals surface area contributed by atoms with Crippen LogP contribution in [0.4, 0.5) is 0 Å². The fourth-order valence-electron chi connectivity index (χ4n) is 1.67. The first kappa shape index (κ1) is 14.0. The molecule has 2 aromatic rings. The van der Waals surface area contributed by atoms with Crippen LogP contribution in [0.3, 0.4) is 0 Å². The molecule has 2 heterocycles. The highest BCUT2D eigenvalue weighted by atomic mass is 32.1. The molecule has 6 nitrogen and oxygen atoms in total. The number of methoxy groups -OCH3 is 1. The molecule has 2 aromatic heterocycles. The third kappa shape index (κ3) is 2.48. The lowest BCUT2D eigenvalue weighted by atomic mass is 9.98. The van der Waals surface area contributed by atoms with Gasteiger partial charge in [0.25, 0.3) is 6.47 Å². The van der Waals surface area contributed by atoms with Gasteiger partial charge >= 0.3 is 0 Å². The van der Waals surface area contributed by atoms with Gasteiger partial charge in [-0.05, 0) is 6.92 Å². The first-order valence-corrected chi connectivity index (χ1v) is 6.68. The molecule has 0 bridgehead atoms. The van der Waals surface area contributed by atoms with Crippen molar-refractivity contribution in [2.45, 2.75) is 39.4 Å². The maximum Gasteiger partial charge on any atom is 0.295 e. The molecular formula is C12H17N3O3S. The Balaban J connectivity index is 2.47. The monoisotopic (exact) mass is 283 g/mol. The Labute approximate surface area is 115 Å². The van der Waals surface area contributed by atoms with Gasteiger partial charge in [0.05, 0.1) is 5.69 Å². The topological polar surface area (TPSA) is 65.7 Å². The Kier molecular flexibility index (Phi) is 3.60. The fourth-order valence-corrected chi connectivity index (χ4v) is 2.68. The summed E-state index contributed by atoms with van der Waals surface area (Å²) >= 11 is 1.53. The van der Waals surface area contributed by atoms with Gasteiger partial charge in [0.2, 0.25) is 11.3 Å². The van der Waals surface area contributed by atoms with Crippen molar-refractivity contribution in [1.82, 2.24) is 14.6 Å². The van der Waals surface area contributed by atoms with Crippen LogP contribution in [0.1, 0.15) is 43.5 Å². The van der Waals surface area contributed by atoms with Gasteiger partial charge in [-0.2, -0.15) is 5.10 Å². The number of hydrogen-bond acceptors (Lipinski definition) is 6. The first-order chi connectivity index (χ1) is 8.88. The van der Waals surface area contributed by atoms with Crippen LogP contribution in [0.5, 0.6) is 0 Å². The summed E-state index contributed by atoms with van der Waals surface area (Å²) in [7, 11) is 1.47. The van der Waals surface area contributed by atoms with E-state index in [-0.39, 0.29) is 5.41 Å². The van der Waals surface area contributed by atoms with E-state index in [1.165, 1.54) is 18.4 Å². The van der Waals surface area contributed by atoms with E-state index in [0.717, 1.165) is 15.7 Å². The van der Waals surface area contributed by atoms with E-state index in [9.17, 15) is 4.79 Å². The second-order valence-corrected chi connectivity index (χ2v) is 6.19. The lowest BCUT2D eigenvalue weighted by Crippen LogP contribution is -2.12. The summed E-state index contributed by atoms with van der Waals surface area (Å²) in [6, 6.07) is 0. The predicted molar refractivity (Wildman–Crippen MR) is 71.2 cm³/mol. The van der Waals surface area contributed by atoms with Crippen LogP contribution in [-0.4, -0.2) is 28.2 Å². The molecule has 0 spiro atoms. The Morgan fingerprint density at radius 3 is 2.58 bits per heavy atom. The van der Waals surface area contributed by atoms with Gasteiger partial charge in [0, 0.05) is 12.5 Å². The van der Waals surface area contributed by atoms with Gasteiger partial charge < -0.3 is 9.47 Å². The summed E-state index contributed by atoms with van der Waals surface area (Å²) in [6.45, 7) is 8.55. The number of carbonyl (C=O) groups is 1. The Bertz CT molecular complexity index is 597. The zero-order valence-corrected chi connectivity index (χ0v) is 12.4. The van der Waals surface area contributed by atoms with Gasteiger partial charge in [-0.15, -0.1) is 0 Å². The van der Waals surface area contributed by atoms with Crippen LogP contribution in [0, 0.1) is 6.92 Å². The molecule has 0 aromatic carbocycles. The zero-order valence-electron chi connectivity index (χ0n) is 11.6. The van der Waals surface area contributed by atoms with E-state index < -0.39 is 6.29 Å². The van der Waals surface area contributed by atoms with Crippen LogP contribution in [0.25, 0.3) is 4.96 Å². The van der Waals surface area contributed by atoms with E-state index >= 15 is 0 Å². The molecular weight excluding hydrogens is 266 g/mol. The number of carbonyl (C=O) groups excluding carboxylic acids is 1. The molecule has 0 fully saturated rings. The molecule has 0 saturated carbocycles. The van der Waals surface area contributed by atoms with Gasteiger partial charge in [-0.25, -0.2) is 9.50 Å². The van der Waals surface area contributed by atoms with Crippen LogP contribution in [0.2, 0.25) is 0 Å². The second-order valence-electron chi connectivity index (χ2n) is 5.23. The third-order valence-electron chi connectivity index (χ3n) is 2.72. The minimum Gasteiger partial charge on any atom is -0.432 e. The van der Waals surface area contributed by atoms with Gasteiger partial charge in [-0.3, -0.25) is 4.79 Å². The average Bonchev–Trinajstić information content (AvgIpc) is 2.86. The molecule has 7 heteroatoms. The number of aromatic nitrogens is 3. The number of hydrogen-bond donors (Lipinski definition) is 0. The molecule has 1 atom stereocenters. The number of nitrogens with zero attached hydrogens (tertiary/aromatic N) is 3. The molecule has 2 rings (SSSR count). The smallest absolute Gasteiger partial charge is 0.295 e. The van der Waals surface area contributed by atoms with Crippen molar-refractivity contribution in [2.75, 3.05) is 7.11 Å². The standard InChI is InChI=1S/C12H17N3O3S/c1-7-8(9(17-5)18-6-16)13-11-15(7)14-10(19-11)12(2,3)4/h6,9H,1-5H3. The maximum absolute atomic E-state index is 10.4. The molecule has 104 valence electrons. The van der Waals surface area contributed by atoms with Crippen molar-refractivity contribution >= 4 is 22.8 Å². The van der Waals surface area contributed by atoms with Crippen LogP contribution in [-0.2, 0) is 19.7 Å². The summed E-state index contributed by atoms with van der Waals surface area (Å²) in [6.07, 6.45) is -0.788. The van der Waals surface area contributed by atoms with Crippen LogP contribution < -0.4 is 0 Å². The Morgan fingerprint density at radius 1 is 1.42 bits per heavy atom. The van der Waals surface area contributed by atoms with Crippen molar-refractivity contribution in [3.63, 3.8) is 0 Å². The van der Waals surface area contributed by atoms with Gasteiger partial charge in [-0.1, -0.05) is 32.1 Å². The minimum absolute atomic E-state index is 0.0159. The maximum atomic E-state index is 10.4. The van der Waals surface area contributed by atoms with Gasteiger partial charge in [0.15, 0.2) is 0 Å². The molecule has 0 amide bonds. The molecule has 1 unspecified atom stereocenters. The fraction of sp³-hybridized carbons (Fsp3) is 0.583. The third-order valence-corrected chi connectivity index (χ3v) is 4.06. The predicted octanol–water partition coefficient (Wildman–Crippen LogP) is 2.21. The number of ether oxygens (including phenoxy) is 2. The van der Waals surface area contributed by atoms with E-state index in [4.69, 9.17) is 9.47 Å². The quantitative estimate of drug-likeness (QED) is 0.636. The minimum atomic E-state index is -0.788. The van der Waals surface area contributed by atoms with Crippen molar-refractivity contribution in [3.05, 3.63) is 16.4 Å². The SMILES string of the molecule is COC(OC=O)c1nc2sc(C(C)(C)C)nn2c1C. The van der Waals surface area contributed by atoms with E-state index in [2.05, 4.69) is 30.9 Å². The molecule has 0 N–H and O–H groups in total. The van der Waals surface area contributed by atoms with E-state index in [0.29, 0.717) is 12.2 Å². The molecule has 19 heavy (non-hydrogen) atoms. The van der Waals surface area contributed by atoms with E-state index in [1.54, 1.807) is 4.52 Å². The Hall–Kier alpha value is -1.47. The molecule has 0 aliphatic carbocycles. The number of rotatable bonds is 4. The first-order valence-electron chi connectivity index (χ1n) is 5.87. The summed E-state index contributed by atoms with van der Waals surface area (Å²) in [5.74, 6) is 0. The summed E-state index contributed by atoms with van der Waals surface area (Å²) < 4.78 is 11.7. The molecule has 0 radical (unpaired) electrons. The largest absolute Gasteiger partial charge is 0.432 e. The molecule has 0 aliphatic rings. The summed E-state index contributed by atoms with van der Waals surface area (Å²) in [5, 5.41) is 5.56. The summed E-state index contributed by atoms with van der Waals surface area (Å²) in [5.41, 5.74) is 1.38. The van der Waals surface area contributed by atoms with Crippen molar-refractivity contribution in [1.29, 1.82) is 0 Å². The highest BCUT2D eigenvalue weighted by Crippen LogP contribution is 2.30. The van der Waals surface area contributed by atoms with Crippen LogP contribution >= 0.6 is 11.3 Å². The highest BCUT2D eigenvalue weighted by Gasteiger charge is 2.25. The molecule has 0 saturated heterocycles. The normalized spacial score (nSPS) is 13.7. The number of fused-ring (bicyclic) bond motifs is 1. The Morgan fingerprint density at radius 2 is 2.11 bits per heavy atom. The lowest BCUT2D eigenvalue weighted by Gasteiger charge is -2.13. The molecule has 0 aliphatic heterocycles. The number of aryl methyl sites for hydroxylation is 1. The van der Waals surface area contributed by atoms with Gasteiger partial charge in [0.1, 0.15) is 10.7 Å². The highest BCUT2D eigenvalue weighted by molar-refractivity contribution is 7.16. The zero-order chi connectivity index (χ0) is 14.2. The second kappa shape index (κ2) is 4.90. The summed E-state index contributed by atoms with van der Waals surface area (Å²) in [4.78, 5) is 15.7. The van der Waals surface area contributed by atoms with E-state index in [1.807, 2.05) is 6.92 Å². The van der Waals surface area contributed by atoms with Crippen molar-refractivity contribution < 1.29 is 14.3 Å². The average molecular weight is 283 g/mol. The number of imidazole rings is 1. The van der Waals surface area contributed by atoms with Crippen molar-refractivity contribution in [3.8, 4) is 0 Å².